The molecule has 6 heteroatoms. The van der Waals surface area contributed by atoms with E-state index in [1.165, 1.54) is 6.92 Å². The van der Waals surface area contributed by atoms with Crippen molar-refractivity contribution in [2.45, 2.75) is 34.1 Å². The number of fused-ring (bicyclic) bond motifs is 1. The number of allylic oxidation sites excluding steroid dienone is 1. The third-order valence-electron chi connectivity index (χ3n) is 3.67. The highest BCUT2D eigenvalue weighted by atomic mass is 16.5. The second-order valence-electron chi connectivity index (χ2n) is 5.20. The van der Waals surface area contributed by atoms with E-state index in [4.69, 9.17) is 9.47 Å². The van der Waals surface area contributed by atoms with Crippen molar-refractivity contribution >= 4 is 29.0 Å². The molecule has 1 aliphatic heterocycles. The zero-order valence-corrected chi connectivity index (χ0v) is 14.3. The molecule has 6 nitrogen and oxygen atoms in total. The Morgan fingerprint density at radius 1 is 1.08 bits per heavy atom. The number of anilines is 1. The van der Waals surface area contributed by atoms with Crippen molar-refractivity contribution in [3.8, 4) is 0 Å². The average Bonchev–Trinajstić information content (AvgIpc) is 2.84. The number of carbonyl (C=O) groups excluding carboxylic acids is 3. The predicted octanol–water partition coefficient (Wildman–Crippen LogP) is 2.91. The Hall–Kier alpha value is -2.63. The van der Waals surface area contributed by atoms with E-state index in [2.05, 4.69) is 0 Å². The molecule has 1 aromatic carbocycles. The van der Waals surface area contributed by atoms with Gasteiger partial charge in [-0.15, -0.1) is 0 Å². The number of ether oxygens (including phenoxy) is 2. The lowest BCUT2D eigenvalue weighted by Gasteiger charge is -2.12. The van der Waals surface area contributed by atoms with Gasteiger partial charge in [-0.3, -0.25) is 9.59 Å². The average molecular weight is 331 g/mol. The van der Waals surface area contributed by atoms with Gasteiger partial charge < -0.3 is 9.47 Å². The van der Waals surface area contributed by atoms with Crippen LogP contribution in [0.5, 0.6) is 0 Å². The molecule has 2 rings (SSSR count). The van der Waals surface area contributed by atoms with Gasteiger partial charge in [-0.05, 0) is 32.0 Å². The molecular formula is C18H21NO5. The fourth-order valence-corrected chi connectivity index (χ4v) is 2.72. The Morgan fingerprint density at radius 3 is 2.29 bits per heavy atom. The molecule has 0 saturated carbocycles. The fourth-order valence-electron chi connectivity index (χ4n) is 2.72. The van der Waals surface area contributed by atoms with Gasteiger partial charge in [-0.2, -0.15) is 0 Å². The van der Waals surface area contributed by atoms with Crippen LogP contribution < -0.4 is 4.90 Å². The smallest absolute Gasteiger partial charge is 0.338 e. The van der Waals surface area contributed by atoms with Gasteiger partial charge in [0.05, 0.1) is 30.0 Å². The Labute approximate surface area is 141 Å². The van der Waals surface area contributed by atoms with Crippen LogP contribution in [0.2, 0.25) is 0 Å². The van der Waals surface area contributed by atoms with Crippen LogP contribution in [-0.4, -0.2) is 31.0 Å². The molecule has 1 aromatic rings. The summed E-state index contributed by atoms with van der Waals surface area (Å²) in [7, 11) is 0. The van der Waals surface area contributed by atoms with Crippen LogP contribution in [0.4, 0.5) is 5.69 Å². The molecule has 1 heterocycles. The van der Waals surface area contributed by atoms with Crippen molar-refractivity contribution in [2.75, 3.05) is 18.1 Å². The van der Waals surface area contributed by atoms with Crippen molar-refractivity contribution in [3.05, 3.63) is 35.1 Å². The first-order valence-corrected chi connectivity index (χ1v) is 7.98. The molecule has 0 unspecified atom stereocenters. The van der Waals surface area contributed by atoms with Gasteiger partial charge in [0, 0.05) is 18.9 Å². The summed E-state index contributed by atoms with van der Waals surface area (Å²) in [6, 6.07) is 4.72. The number of esters is 1. The summed E-state index contributed by atoms with van der Waals surface area (Å²) in [5, 5.41) is 0. The number of hydrogen-bond acceptors (Lipinski definition) is 5. The molecule has 0 N–H and O–H groups in total. The largest absolute Gasteiger partial charge is 0.497 e. The minimum atomic E-state index is -0.470. The standard InChI is InChI=1S/C18H21NO5/c1-5-15(23-6-2)16-13-10-12(18(22)24-7-3)8-9-14(13)19(11(4)20)17(16)21/h8-10H,5-7H2,1-4H3. The molecule has 128 valence electrons. The van der Waals surface area contributed by atoms with Crippen LogP contribution in [0.25, 0.3) is 5.57 Å². The van der Waals surface area contributed by atoms with Crippen LogP contribution in [0, 0.1) is 0 Å². The summed E-state index contributed by atoms with van der Waals surface area (Å²) < 4.78 is 10.6. The summed E-state index contributed by atoms with van der Waals surface area (Å²) in [4.78, 5) is 37.7. The molecule has 2 amide bonds. The molecule has 0 saturated heterocycles. The van der Waals surface area contributed by atoms with Crippen molar-refractivity contribution in [1.29, 1.82) is 0 Å². The van der Waals surface area contributed by atoms with E-state index in [1.807, 2.05) is 13.8 Å². The fraction of sp³-hybridized carbons (Fsp3) is 0.389. The summed E-state index contributed by atoms with van der Waals surface area (Å²) in [5.41, 5.74) is 1.64. The van der Waals surface area contributed by atoms with E-state index in [1.54, 1.807) is 25.1 Å². The zero-order chi connectivity index (χ0) is 17.9. The van der Waals surface area contributed by atoms with E-state index in [-0.39, 0.29) is 12.5 Å². The Morgan fingerprint density at radius 2 is 1.75 bits per heavy atom. The number of nitrogens with zero attached hydrogens (tertiary/aromatic N) is 1. The highest BCUT2D eigenvalue weighted by Gasteiger charge is 2.38. The number of amides is 2. The van der Waals surface area contributed by atoms with Crippen LogP contribution in [-0.2, 0) is 19.1 Å². The minimum absolute atomic E-state index is 0.260. The van der Waals surface area contributed by atoms with Gasteiger partial charge in [-0.1, -0.05) is 6.92 Å². The molecule has 0 atom stereocenters. The molecule has 0 spiro atoms. The van der Waals surface area contributed by atoms with Crippen LogP contribution in [0.1, 0.15) is 50.0 Å². The molecular weight excluding hydrogens is 310 g/mol. The molecule has 24 heavy (non-hydrogen) atoms. The topological polar surface area (TPSA) is 72.9 Å². The number of imide groups is 1. The maximum absolute atomic E-state index is 12.7. The van der Waals surface area contributed by atoms with Crippen molar-refractivity contribution < 1.29 is 23.9 Å². The van der Waals surface area contributed by atoms with Crippen LogP contribution >= 0.6 is 0 Å². The van der Waals surface area contributed by atoms with Gasteiger partial charge in [0.1, 0.15) is 5.76 Å². The van der Waals surface area contributed by atoms with E-state index in [0.717, 1.165) is 4.90 Å². The van der Waals surface area contributed by atoms with Crippen molar-refractivity contribution in [1.82, 2.24) is 0 Å². The van der Waals surface area contributed by atoms with E-state index >= 15 is 0 Å². The maximum atomic E-state index is 12.7. The maximum Gasteiger partial charge on any atom is 0.338 e. The third-order valence-corrected chi connectivity index (χ3v) is 3.67. The lowest BCUT2D eigenvalue weighted by molar-refractivity contribution is -0.122. The van der Waals surface area contributed by atoms with E-state index in [9.17, 15) is 14.4 Å². The van der Waals surface area contributed by atoms with Gasteiger partial charge in [0.15, 0.2) is 0 Å². The lowest BCUT2D eigenvalue weighted by atomic mass is 10.0. The van der Waals surface area contributed by atoms with Crippen LogP contribution in [0.3, 0.4) is 0 Å². The Kier molecular flexibility index (Phi) is 5.39. The first-order chi connectivity index (χ1) is 11.5. The number of hydrogen-bond donors (Lipinski definition) is 0. The molecule has 0 aromatic heterocycles. The second kappa shape index (κ2) is 7.29. The lowest BCUT2D eigenvalue weighted by Crippen LogP contribution is -2.31. The molecule has 0 radical (unpaired) electrons. The predicted molar refractivity (Wildman–Crippen MR) is 89.4 cm³/mol. The number of carbonyl (C=O) groups is 3. The normalized spacial score (nSPS) is 15.2. The first kappa shape index (κ1) is 17.7. The highest BCUT2D eigenvalue weighted by molar-refractivity contribution is 6.40. The van der Waals surface area contributed by atoms with E-state index in [0.29, 0.717) is 41.2 Å². The summed E-state index contributed by atoms with van der Waals surface area (Å²) >= 11 is 0. The Bertz CT molecular complexity index is 720. The van der Waals surface area contributed by atoms with Gasteiger partial charge in [0.2, 0.25) is 5.91 Å². The summed E-state index contributed by atoms with van der Waals surface area (Å²) in [5.74, 6) is -0.771. The summed E-state index contributed by atoms with van der Waals surface area (Å²) in [6.45, 7) is 7.42. The number of benzene rings is 1. The number of rotatable bonds is 5. The molecule has 0 fully saturated rings. The minimum Gasteiger partial charge on any atom is -0.497 e. The van der Waals surface area contributed by atoms with Gasteiger partial charge in [0.25, 0.3) is 5.91 Å². The SMILES string of the molecule is CCOC(=O)c1ccc2c(c1)C(=C(CC)OCC)C(=O)N2C(C)=O. The van der Waals surface area contributed by atoms with Crippen molar-refractivity contribution in [3.63, 3.8) is 0 Å². The molecule has 0 aliphatic carbocycles. The van der Waals surface area contributed by atoms with Gasteiger partial charge in [-0.25, -0.2) is 9.69 Å². The van der Waals surface area contributed by atoms with Crippen molar-refractivity contribution in [2.24, 2.45) is 0 Å². The highest BCUT2D eigenvalue weighted by Crippen LogP contribution is 2.40. The monoisotopic (exact) mass is 331 g/mol. The molecule has 1 aliphatic rings. The molecule has 0 bridgehead atoms. The van der Waals surface area contributed by atoms with E-state index < -0.39 is 11.9 Å². The first-order valence-electron chi connectivity index (χ1n) is 7.98. The Balaban J connectivity index is 2.66. The second-order valence-corrected chi connectivity index (χ2v) is 5.20. The third kappa shape index (κ3) is 3.04. The zero-order valence-electron chi connectivity index (χ0n) is 14.3. The quantitative estimate of drug-likeness (QED) is 0.471. The van der Waals surface area contributed by atoms with Gasteiger partial charge >= 0.3 is 5.97 Å². The summed E-state index contributed by atoms with van der Waals surface area (Å²) in [6.07, 6.45) is 0.504. The van der Waals surface area contributed by atoms with Crippen LogP contribution in [0.15, 0.2) is 24.0 Å².